The van der Waals surface area contributed by atoms with Crippen molar-refractivity contribution in [1.82, 2.24) is 19.8 Å². The highest BCUT2D eigenvalue weighted by molar-refractivity contribution is 5.93. The monoisotopic (exact) mass is 356 g/mol. The summed E-state index contributed by atoms with van der Waals surface area (Å²) in [4.78, 5) is 0. The van der Waals surface area contributed by atoms with Gasteiger partial charge in [0.2, 0.25) is 0 Å². The highest BCUT2D eigenvalue weighted by atomic mass is 19.4. The average Bonchev–Trinajstić information content (AvgIpc) is 3.03. The summed E-state index contributed by atoms with van der Waals surface area (Å²) in [7, 11) is 0. The van der Waals surface area contributed by atoms with Crippen molar-refractivity contribution in [1.29, 1.82) is 0 Å². The van der Waals surface area contributed by atoms with Gasteiger partial charge in [0.15, 0.2) is 11.5 Å². The number of alkyl halides is 3. The van der Waals surface area contributed by atoms with E-state index in [2.05, 4.69) is 20.0 Å². The molecule has 2 aromatic heterocycles. The van der Waals surface area contributed by atoms with E-state index in [4.69, 9.17) is 0 Å². The second kappa shape index (κ2) is 6.14. The van der Waals surface area contributed by atoms with Crippen LogP contribution in [0.1, 0.15) is 11.4 Å². The molecule has 4 aromatic rings. The molecule has 4 rings (SSSR count). The van der Waals surface area contributed by atoms with Gasteiger partial charge in [0, 0.05) is 10.8 Å². The molecule has 0 fully saturated rings. The van der Waals surface area contributed by atoms with Crippen LogP contribution in [0.3, 0.4) is 0 Å². The van der Waals surface area contributed by atoms with Crippen LogP contribution >= 0.6 is 0 Å². The minimum Gasteiger partial charge on any atom is -0.406 e. The van der Waals surface area contributed by atoms with Crippen LogP contribution in [-0.4, -0.2) is 26.2 Å². The third-order valence-corrected chi connectivity index (χ3v) is 3.72. The normalized spacial score (nSPS) is 12.3. The van der Waals surface area contributed by atoms with Crippen LogP contribution in [0.4, 0.5) is 13.2 Å². The molecule has 8 heteroatoms. The Balaban J connectivity index is 1.62. The zero-order chi connectivity index (χ0) is 18.1. The first kappa shape index (κ1) is 16.1. The third kappa shape index (κ3) is 3.21. The summed E-state index contributed by atoms with van der Waals surface area (Å²) in [6.45, 7) is 0. The number of fused-ring (bicyclic) bond motifs is 3. The first-order valence-electron chi connectivity index (χ1n) is 7.63. The van der Waals surface area contributed by atoms with E-state index in [1.807, 2.05) is 24.3 Å². The summed E-state index contributed by atoms with van der Waals surface area (Å²) in [5.74, 6) is 0.247. The van der Waals surface area contributed by atoms with Crippen LogP contribution in [0.25, 0.3) is 28.6 Å². The highest BCUT2D eigenvalue weighted by Gasteiger charge is 2.30. The average molecular weight is 356 g/mol. The van der Waals surface area contributed by atoms with Crippen LogP contribution in [-0.2, 0) is 0 Å². The van der Waals surface area contributed by atoms with Gasteiger partial charge in [-0.15, -0.1) is 23.4 Å². The van der Waals surface area contributed by atoms with Gasteiger partial charge in [0.25, 0.3) is 0 Å². The van der Waals surface area contributed by atoms with E-state index in [0.29, 0.717) is 17.0 Å². The van der Waals surface area contributed by atoms with Crippen LogP contribution in [0.5, 0.6) is 5.75 Å². The van der Waals surface area contributed by atoms with Crippen molar-refractivity contribution in [2.45, 2.75) is 6.36 Å². The number of halogens is 3. The molecule has 0 radical (unpaired) electrons. The van der Waals surface area contributed by atoms with E-state index in [-0.39, 0.29) is 5.75 Å². The van der Waals surface area contributed by atoms with Crippen molar-refractivity contribution < 1.29 is 17.9 Å². The molecule has 26 heavy (non-hydrogen) atoms. The van der Waals surface area contributed by atoms with Crippen molar-refractivity contribution in [3.63, 3.8) is 0 Å². The molecule has 0 unspecified atom stereocenters. The number of nitrogens with zero attached hydrogens (tertiary/aromatic N) is 4. The fourth-order valence-corrected chi connectivity index (χ4v) is 2.56. The van der Waals surface area contributed by atoms with Gasteiger partial charge in [-0.3, -0.25) is 0 Å². The molecule has 130 valence electrons. The van der Waals surface area contributed by atoms with Gasteiger partial charge in [0.1, 0.15) is 5.75 Å². The summed E-state index contributed by atoms with van der Waals surface area (Å²) in [5.41, 5.74) is 1.33. The Morgan fingerprint density at radius 2 is 1.69 bits per heavy atom. The van der Waals surface area contributed by atoms with E-state index < -0.39 is 6.36 Å². The molecular weight excluding hydrogens is 345 g/mol. The van der Waals surface area contributed by atoms with Crippen molar-refractivity contribution in [3.05, 3.63) is 66.1 Å². The van der Waals surface area contributed by atoms with Crippen LogP contribution in [0.15, 0.2) is 54.7 Å². The van der Waals surface area contributed by atoms with Crippen molar-refractivity contribution in [2.24, 2.45) is 0 Å². The molecule has 0 N–H and O–H groups in total. The maximum absolute atomic E-state index is 12.2. The van der Waals surface area contributed by atoms with E-state index >= 15 is 0 Å². The Hall–Kier alpha value is -3.42. The maximum Gasteiger partial charge on any atom is 0.573 e. The topological polar surface area (TPSA) is 52.3 Å². The summed E-state index contributed by atoms with van der Waals surface area (Å²) in [6.07, 6.45) is 0.435. The summed E-state index contributed by atoms with van der Waals surface area (Å²) in [6, 6.07) is 13.3. The largest absolute Gasteiger partial charge is 0.573 e. The molecule has 5 nitrogen and oxygen atoms in total. The zero-order valence-corrected chi connectivity index (χ0v) is 13.2. The number of benzene rings is 2. The minimum atomic E-state index is -4.70. The second-order valence-electron chi connectivity index (χ2n) is 5.48. The lowest BCUT2D eigenvalue weighted by atomic mass is 10.2. The lowest BCUT2D eigenvalue weighted by Gasteiger charge is -2.08. The Labute approximate surface area is 145 Å². The van der Waals surface area contributed by atoms with Crippen LogP contribution < -0.4 is 4.74 Å². The lowest BCUT2D eigenvalue weighted by Crippen LogP contribution is -2.16. The van der Waals surface area contributed by atoms with Gasteiger partial charge in [-0.2, -0.15) is 9.61 Å². The summed E-state index contributed by atoms with van der Waals surface area (Å²) < 4.78 is 42.0. The molecule has 0 spiro atoms. The molecule has 0 aliphatic rings. The number of rotatable bonds is 3. The van der Waals surface area contributed by atoms with Gasteiger partial charge in [-0.1, -0.05) is 42.5 Å². The predicted octanol–water partition coefficient (Wildman–Crippen LogP) is 4.35. The summed E-state index contributed by atoms with van der Waals surface area (Å²) in [5, 5.41) is 14.5. The van der Waals surface area contributed by atoms with E-state index in [1.165, 1.54) is 24.3 Å². The summed E-state index contributed by atoms with van der Waals surface area (Å²) >= 11 is 0. The van der Waals surface area contributed by atoms with Crippen molar-refractivity contribution in [2.75, 3.05) is 0 Å². The Morgan fingerprint density at radius 1 is 0.923 bits per heavy atom. The first-order chi connectivity index (χ1) is 12.5. The van der Waals surface area contributed by atoms with Crippen molar-refractivity contribution in [3.8, 4) is 5.75 Å². The van der Waals surface area contributed by atoms with E-state index in [0.717, 1.165) is 10.8 Å². The Bertz CT molecular complexity index is 1100. The predicted molar refractivity (Wildman–Crippen MR) is 90.3 cm³/mol. The van der Waals surface area contributed by atoms with Gasteiger partial charge in [-0.25, -0.2) is 0 Å². The first-order valence-corrected chi connectivity index (χ1v) is 7.63. The molecule has 2 aromatic carbocycles. The minimum absolute atomic E-state index is 0.268. The Kier molecular flexibility index (Phi) is 3.80. The van der Waals surface area contributed by atoms with Gasteiger partial charge in [0.05, 0.1) is 6.20 Å². The quantitative estimate of drug-likeness (QED) is 0.548. The lowest BCUT2D eigenvalue weighted by molar-refractivity contribution is -0.274. The molecule has 0 atom stereocenters. The molecule has 0 saturated carbocycles. The molecule has 0 aliphatic carbocycles. The molecule has 0 bridgehead atoms. The Morgan fingerprint density at radius 3 is 2.46 bits per heavy atom. The number of hydrogen-bond acceptors (Lipinski definition) is 4. The van der Waals surface area contributed by atoms with Crippen LogP contribution in [0, 0.1) is 0 Å². The third-order valence-electron chi connectivity index (χ3n) is 3.72. The van der Waals surface area contributed by atoms with Gasteiger partial charge >= 0.3 is 6.36 Å². The van der Waals surface area contributed by atoms with Gasteiger partial charge in [-0.05, 0) is 23.8 Å². The van der Waals surface area contributed by atoms with E-state index in [1.54, 1.807) is 22.9 Å². The molecule has 0 saturated heterocycles. The van der Waals surface area contributed by atoms with Crippen LogP contribution in [0.2, 0.25) is 0 Å². The molecule has 0 aliphatic heterocycles. The fraction of sp³-hybridized carbons (Fsp3) is 0.0556. The maximum atomic E-state index is 12.2. The van der Waals surface area contributed by atoms with E-state index in [9.17, 15) is 13.2 Å². The van der Waals surface area contributed by atoms with Crippen molar-refractivity contribution >= 4 is 28.6 Å². The fourth-order valence-electron chi connectivity index (χ4n) is 2.56. The number of ether oxygens (including phenoxy) is 1. The highest BCUT2D eigenvalue weighted by Crippen LogP contribution is 2.23. The number of hydrogen-bond donors (Lipinski definition) is 0. The second-order valence-corrected chi connectivity index (χ2v) is 5.48. The zero-order valence-electron chi connectivity index (χ0n) is 13.2. The standard InChI is InChI=1S/C18H11F3N4O/c19-18(20,21)26-14-8-5-12(6-9-14)7-10-16-23-24-17-15-4-2-1-3-13(15)11-22-25(16)17/h1-11H/b10-7+. The number of aromatic nitrogens is 4. The van der Waals surface area contributed by atoms with Gasteiger partial charge < -0.3 is 4.74 Å². The molecule has 2 heterocycles. The SMILES string of the molecule is FC(F)(F)Oc1ccc(/C=C/c2nnc3c4ccccc4cnn23)cc1. The molecular formula is C18H11F3N4O. The molecule has 0 amide bonds. The smallest absolute Gasteiger partial charge is 0.406 e.